The Kier molecular flexibility index (Phi) is 8.72. The van der Waals surface area contributed by atoms with Crippen LogP contribution in [0.15, 0.2) is 0 Å². The molecule has 1 N–H and O–H groups in total. The molecule has 2 aliphatic heterocycles. The van der Waals surface area contributed by atoms with Gasteiger partial charge in [-0.3, -0.25) is 14.5 Å². The van der Waals surface area contributed by atoms with Gasteiger partial charge in [-0.2, -0.15) is 0 Å². The summed E-state index contributed by atoms with van der Waals surface area (Å²) < 4.78 is 5.36. The van der Waals surface area contributed by atoms with E-state index in [1.807, 2.05) is 27.7 Å². The fourth-order valence-corrected chi connectivity index (χ4v) is 3.29. The number of ether oxygens (including phenoxy) is 1. The minimum Gasteiger partial charge on any atom is -0.444 e. The number of likely N-dealkylation sites (N-methyl/N-ethyl adjacent to an activating group) is 1. The Hall–Kier alpha value is -2.07. The molecular formula is C20H36N4O6. The molecule has 10 nitrogen and oxygen atoms in total. The number of urea groups is 1. The predicted octanol–water partition coefficient (Wildman–Crippen LogP) is 2.29. The summed E-state index contributed by atoms with van der Waals surface area (Å²) in [5.74, 6) is -0.374. The lowest BCUT2D eigenvalue weighted by Gasteiger charge is -2.41. The molecule has 10 heteroatoms. The third kappa shape index (κ3) is 6.46. The molecule has 2 fully saturated rings. The van der Waals surface area contributed by atoms with Crippen LogP contribution in [0.25, 0.3) is 0 Å². The van der Waals surface area contributed by atoms with E-state index in [0.717, 1.165) is 19.3 Å². The average Bonchev–Trinajstić information content (AvgIpc) is 2.63. The smallest absolute Gasteiger partial charge is 0.410 e. The maximum Gasteiger partial charge on any atom is 0.410 e. The van der Waals surface area contributed by atoms with E-state index in [1.54, 1.807) is 4.90 Å². The van der Waals surface area contributed by atoms with Crippen LogP contribution in [-0.4, -0.2) is 83.4 Å². The molecule has 0 saturated carbocycles. The van der Waals surface area contributed by atoms with Crippen LogP contribution in [0.4, 0.5) is 9.59 Å². The van der Waals surface area contributed by atoms with E-state index < -0.39 is 11.6 Å². The van der Waals surface area contributed by atoms with Gasteiger partial charge in [0.25, 0.3) is 5.91 Å². The van der Waals surface area contributed by atoms with Gasteiger partial charge < -0.3 is 14.5 Å². The third-order valence-electron chi connectivity index (χ3n) is 5.05. The summed E-state index contributed by atoms with van der Waals surface area (Å²) in [5.41, 5.74) is 1.88. The maximum absolute atomic E-state index is 12.6. The van der Waals surface area contributed by atoms with Crippen molar-refractivity contribution in [2.24, 2.45) is 0 Å². The molecule has 2 rings (SSSR count). The number of hydrogen-bond acceptors (Lipinski definition) is 6. The molecule has 30 heavy (non-hydrogen) atoms. The van der Waals surface area contributed by atoms with Gasteiger partial charge in [0.15, 0.2) is 0 Å². The second-order valence-corrected chi connectivity index (χ2v) is 8.56. The highest BCUT2D eigenvalue weighted by Gasteiger charge is 2.38. The summed E-state index contributed by atoms with van der Waals surface area (Å²) in [7, 11) is 0. The molecule has 2 saturated heterocycles. The van der Waals surface area contributed by atoms with E-state index in [9.17, 15) is 14.4 Å². The van der Waals surface area contributed by atoms with Crippen molar-refractivity contribution in [2.45, 2.75) is 78.0 Å². The van der Waals surface area contributed by atoms with E-state index >= 15 is 0 Å². The number of hydrogen-bond donors (Lipinski definition) is 1. The second-order valence-electron chi connectivity index (χ2n) is 8.56. The van der Waals surface area contributed by atoms with Crippen LogP contribution in [0.1, 0.15) is 60.3 Å². The number of nitrogens with zero attached hydrogens (tertiary/aromatic N) is 3. The Labute approximate surface area is 178 Å². The van der Waals surface area contributed by atoms with Crippen molar-refractivity contribution >= 4 is 18.0 Å². The zero-order valence-corrected chi connectivity index (χ0v) is 18.8. The van der Waals surface area contributed by atoms with Crippen LogP contribution in [0.3, 0.4) is 0 Å². The van der Waals surface area contributed by atoms with Crippen molar-refractivity contribution in [2.75, 3.05) is 32.8 Å². The largest absolute Gasteiger partial charge is 0.444 e. The van der Waals surface area contributed by atoms with Crippen LogP contribution in [0.5, 0.6) is 0 Å². The lowest BCUT2D eigenvalue weighted by Crippen LogP contribution is -2.59. The van der Waals surface area contributed by atoms with Crippen molar-refractivity contribution in [1.29, 1.82) is 0 Å². The Morgan fingerprint density at radius 1 is 1.17 bits per heavy atom. The number of amides is 4. The molecule has 0 aromatic heterocycles. The zero-order chi connectivity index (χ0) is 22.3. The van der Waals surface area contributed by atoms with Crippen molar-refractivity contribution in [1.82, 2.24) is 20.3 Å². The number of unbranched alkanes of at least 4 members (excludes halogenated alkanes) is 1. The fraction of sp³-hybridized carbons (Fsp3) is 0.850. The van der Waals surface area contributed by atoms with Gasteiger partial charge >= 0.3 is 12.1 Å². The number of nitrogens with one attached hydrogen (secondary N) is 1. The molecule has 0 aliphatic carbocycles. The average molecular weight is 429 g/mol. The first-order valence-corrected chi connectivity index (χ1v) is 10.8. The lowest BCUT2D eigenvalue weighted by molar-refractivity contribution is -0.157. The van der Waals surface area contributed by atoms with E-state index in [2.05, 4.69) is 12.4 Å². The Balaban J connectivity index is 1.78. The Morgan fingerprint density at radius 3 is 2.47 bits per heavy atom. The second kappa shape index (κ2) is 10.8. The molecule has 0 bridgehead atoms. The highest BCUT2D eigenvalue weighted by atomic mass is 16.7. The molecule has 2 heterocycles. The zero-order valence-electron chi connectivity index (χ0n) is 18.8. The van der Waals surface area contributed by atoms with Gasteiger partial charge in [-0.15, -0.1) is 0 Å². The number of carbonyl (C=O) groups is 3. The quantitative estimate of drug-likeness (QED) is 0.447. The summed E-state index contributed by atoms with van der Waals surface area (Å²) in [6.45, 7) is 11.3. The van der Waals surface area contributed by atoms with Crippen molar-refractivity contribution in [3.05, 3.63) is 0 Å². The lowest BCUT2D eigenvalue weighted by atomic mass is 10.1. The van der Waals surface area contributed by atoms with Gasteiger partial charge in [0.2, 0.25) is 0 Å². The van der Waals surface area contributed by atoms with Gasteiger partial charge in [0.1, 0.15) is 11.6 Å². The van der Waals surface area contributed by atoms with Crippen LogP contribution < -0.4 is 5.48 Å². The van der Waals surface area contributed by atoms with Crippen molar-refractivity contribution in [3.63, 3.8) is 0 Å². The minimum absolute atomic E-state index is 0.141. The molecule has 0 radical (unpaired) electrons. The van der Waals surface area contributed by atoms with E-state index in [-0.39, 0.29) is 30.7 Å². The molecule has 0 unspecified atom stereocenters. The van der Waals surface area contributed by atoms with Gasteiger partial charge in [-0.25, -0.2) is 20.1 Å². The number of hydroxylamine groups is 3. The Morgan fingerprint density at radius 2 is 1.90 bits per heavy atom. The first-order valence-electron chi connectivity index (χ1n) is 10.8. The number of rotatable bonds is 9. The third-order valence-corrected chi connectivity index (χ3v) is 5.05. The molecule has 4 amide bonds. The highest BCUT2D eigenvalue weighted by molar-refractivity contribution is 5.87. The normalized spacial score (nSPS) is 22.0. The molecule has 0 aromatic rings. The molecule has 0 spiro atoms. The minimum atomic E-state index is -0.614. The van der Waals surface area contributed by atoms with Crippen LogP contribution >= 0.6 is 0 Å². The topological polar surface area (TPSA) is 101 Å². The molecule has 2 aliphatic rings. The Bertz CT molecular complexity index is 609. The standard InChI is InChI=1S/C20H36N4O6/c1-6-8-13-29-24-12-10-16(22(7-2)18(24)26)17(25)21-28-14-15-9-11-23(15)19(27)30-20(3,4)5/h15-16H,6-14H2,1-5H3,(H,21,25)/t15-,16-/m0/s1. The van der Waals surface area contributed by atoms with E-state index in [0.29, 0.717) is 32.7 Å². The molecule has 172 valence electrons. The summed E-state index contributed by atoms with van der Waals surface area (Å²) in [5, 5.41) is 1.33. The first-order chi connectivity index (χ1) is 14.2. The monoisotopic (exact) mass is 428 g/mol. The maximum atomic E-state index is 12.6. The van der Waals surface area contributed by atoms with Crippen LogP contribution in [0, 0.1) is 0 Å². The summed E-state index contributed by atoms with van der Waals surface area (Å²) >= 11 is 0. The predicted molar refractivity (Wildman–Crippen MR) is 109 cm³/mol. The fourth-order valence-electron chi connectivity index (χ4n) is 3.29. The number of likely N-dealkylation sites (tertiary alicyclic amines) is 1. The van der Waals surface area contributed by atoms with Gasteiger partial charge in [0.05, 0.1) is 25.8 Å². The van der Waals surface area contributed by atoms with Gasteiger partial charge in [-0.1, -0.05) is 13.3 Å². The molecular weight excluding hydrogens is 392 g/mol. The summed E-state index contributed by atoms with van der Waals surface area (Å²) in [4.78, 5) is 51.3. The van der Waals surface area contributed by atoms with E-state index in [4.69, 9.17) is 14.4 Å². The van der Waals surface area contributed by atoms with Gasteiger partial charge in [-0.05, 0) is 47.0 Å². The van der Waals surface area contributed by atoms with Crippen LogP contribution in [-0.2, 0) is 19.2 Å². The highest BCUT2D eigenvalue weighted by Crippen LogP contribution is 2.21. The van der Waals surface area contributed by atoms with Crippen LogP contribution in [0.2, 0.25) is 0 Å². The van der Waals surface area contributed by atoms with Crippen molar-refractivity contribution in [3.8, 4) is 0 Å². The van der Waals surface area contributed by atoms with E-state index in [1.165, 1.54) is 9.96 Å². The molecule has 0 aromatic carbocycles. The molecule has 2 atom stereocenters. The number of carbonyl (C=O) groups excluding carboxylic acids is 3. The first kappa shape index (κ1) is 24.2. The van der Waals surface area contributed by atoms with Gasteiger partial charge in [0, 0.05) is 13.1 Å². The summed E-state index contributed by atoms with van der Waals surface area (Å²) in [6.07, 6.45) is 2.70. The summed E-state index contributed by atoms with van der Waals surface area (Å²) in [6, 6.07) is -1.06. The van der Waals surface area contributed by atoms with Crippen molar-refractivity contribution < 1.29 is 28.8 Å². The SMILES string of the molecule is CCCCON1CC[C@@H](C(=O)NOC[C@@H]2CCN2C(=O)OC(C)(C)C)N(CC)C1=O.